The summed E-state index contributed by atoms with van der Waals surface area (Å²) in [5, 5.41) is 2.97. The van der Waals surface area contributed by atoms with E-state index in [0.717, 1.165) is 43.6 Å². The number of rotatable bonds is 6. The zero-order valence-corrected chi connectivity index (χ0v) is 14.5. The van der Waals surface area contributed by atoms with Crippen LogP contribution in [0.15, 0.2) is 24.3 Å². The molecule has 1 aromatic rings. The number of nitrogens with one attached hydrogen (secondary N) is 2. The summed E-state index contributed by atoms with van der Waals surface area (Å²) in [5.41, 5.74) is 1.99. The van der Waals surface area contributed by atoms with Crippen LogP contribution in [-0.2, 0) is 21.2 Å². The molecule has 1 amide bonds. The Balaban J connectivity index is 1.81. The van der Waals surface area contributed by atoms with Gasteiger partial charge in [0, 0.05) is 24.8 Å². The van der Waals surface area contributed by atoms with E-state index in [9.17, 15) is 13.2 Å². The Morgan fingerprint density at radius 1 is 1.26 bits per heavy atom. The molecule has 1 aliphatic heterocycles. The number of carbonyl (C=O) groups is 1. The van der Waals surface area contributed by atoms with E-state index in [4.69, 9.17) is 0 Å². The molecule has 1 heterocycles. The van der Waals surface area contributed by atoms with Gasteiger partial charge in [-0.15, -0.1) is 0 Å². The highest BCUT2D eigenvalue weighted by atomic mass is 32.2. The third-order valence-electron chi connectivity index (χ3n) is 4.01. The zero-order valence-electron chi connectivity index (χ0n) is 13.7. The lowest BCUT2D eigenvalue weighted by Gasteiger charge is -2.31. The SMILES string of the molecule is CCc1ccccc1NC(=O)CN1CCC(NS(C)(=O)=O)CC1. The van der Waals surface area contributed by atoms with Crippen LogP contribution in [0.4, 0.5) is 5.69 Å². The highest BCUT2D eigenvalue weighted by Gasteiger charge is 2.22. The summed E-state index contributed by atoms with van der Waals surface area (Å²) >= 11 is 0. The quantitative estimate of drug-likeness (QED) is 0.816. The van der Waals surface area contributed by atoms with Gasteiger partial charge in [-0.25, -0.2) is 13.1 Å². The van der Waals surface area contributed by atoms with Gasteiger partial charge in [0.25, 0.3) is 0 Å². The average Bonchev–Trinajstić information content (AvgIpc) is 2.48. The summed E-state index contributed by atoms with van der Waals surface area (Å²) in [6.07, 6.45) is 3.51. The molecule has 2 rings (SSSR count). The van der Waals surface area contributed by atoms with E-state index in [2.05, 4.69) is 21.9 Å². The van der Waals surface area contributed by atoms with Crippen molar-refractivity contribution in [1.82, 2.24) is 9.62 Å². The summed E-state index contributed by atoms with van der Waals surface area (Å²) in [6.45, 7) is 3.83. The lowest BCUT2D eigenvalue weighted by molar-refractivity contribution is -0.117. The molecule has 7 heteroatoms. The van der Waals surface area contributed by atoms with Gasteiger partial charge in [0.05, 0.1) is 12.8 Å². The van der Waals surface area contributed by atoms with Gasteiger partial charge in [0.1, 0.15) is 0 Å². The van der Waals surface area contributed by atoms with Crippen molar-refractivity contribution in [2.24, 2.45) is 0 Å². The Morgan fingerprint density at radius 3 is 2.52 bits per heavy atom. The smallest absolute Gasteiger partial charge is 0.238 e. The lowest BCUT2D eigenvalue weighted by atomic mass is 10.1. The third kappa shape index (κ3) is 5.93. The molecular formula is C16H25N3O3S. The van der Waals surface area contributed by atoms with E-state index in [1.54, 1.807) is 0 Å². The number of hydrogen-bond donors (Lipinski definition) is 2. The van der Waals surface area contributed by atoms with E-state index in [1.807, 2.05) is 24.3 Å². The Hall–Kier alpha value is -1.44. The number of sulfonamides is 1. The first kappa shape index (κ1) is 17.9. The molecular weight excluding hydrogens is 314 g/mol. The minimum Gasteiger partial charge on any atom is -0.325 e. The summed E-state index contributed by atoms with van der Waals surface area (Å²) in [7, 11) is -3.16. The lowest BCUT2D eigenvalue weighted by Crippen LogP contribution is -2.46. The number of hydrogen-bond acceptors (Lipinski definition) is 4. The van der Waals surface area contributed by atoms with Gasteiger partial charge >= 0.3 is 0 Å². The maximum Gasteiger partial charge on any atom is 0.238 e. The van der Waals surface area contributed by atoms with Crippen LogP contribution < -0.4 is 10.0 Å². The predicted octanol–water partition coefficient (Wildman–Crippen LogP) is 1.20. The zero-order chi connectivity index (χ0) is 16.9. The Kier molecular flexibility index (Phi) is 6.15. The van der Waals surface area contributed by atoms with Crippen LogP contribution in [0.25, 0.3) is 0 Å². The molecule has 0 spiro atoms. The van der Waals surface area contributed by atoms with Crippen molar-refractivity contribution in [2.75, 3.05) is 31.2 Å². The topological polar surface area (TPSA) is 78.5 Å². The van der Waals surface area contributed by atoms with E-state index in [0.29, 0.717) is 6.54 Å². The predicted molar refractivity (Wildman–Crippen MR) is 91.9 cm³/mol. The van der Waals surface area contributed by atoms with Crippen molar-refractivity contribution in [1.29, 1.82) is 0 Å². The van der Waals surface area contributed by atoms with Gasteiger partial charge < -0.3 is 5.32 Å². The Bertz CT molecular complexity index is 638. The van der Waals surface area contributed by atoms with Gasteiger partial charge in [-0.3, -0.25) is 9.69 Å². The van der Waals surface area contributed by atoms with Crippen molar-refractivity contribution >= 4 is 21.6 Å². The molecule has 1 aromatic carbocycles. The Morgan fingerprint density at radius 2 is 1.91 bits per heavy atom. The Labute approximate surface area is 138 Å². The van der Waals surface area contributed by atoms with E-state index < -0.39 is 10.0 Å². The molecule has 1 saturated heterocycles. The molecule has 2 N–H and O–H groups in total. The largest absolute Gasteiger partial charge is 0.325 e. The molecule has 0 aromatic heterocycles. The number of piperidine rings is 1. The highest BCUT2D eigenvalue weighted by Crippen LogP contribution is 2.16. The van der Waals surface area contributed by atoms with Gasteiger partial charge in [-0.05, 0) is 30.9 Å². The summed E-state index contributed by atoms with van der Waals surface area (Å²) < 4.78 is 25.1. The van der Waals surface area contributed by atoms with Crippen molar-refractivity contribution in [3.8, 4) is 0 Å². The van der Waals surface area contributed by atoms with E-state index in [1.165, 1.54) is 6.26 Å². The van der Waals surface area contributed by atoms with Crippen LogP contribution in [0.1, 0.15) is 25.3 Å². The number of carbonyl (C=O) groups excluding carboxylic acids is 1. The molecule has 0 aliphatic carbocycles. The number of anilines is 1. The first-order chi connectivity index (χ1) is 10.9. The molecule has 0 bridgehead atoms. The number of likely N-dealkylation sites (tertiary alicyclic amines) is 1. The van der Waals surface area contributed by atoms with Crippen LogP contribution >= 0.6 is 0 Å². The molecule has 1 fully saturated rings. The highest BCUT2D eigenvalue weighted by molar-refractivity contribution is 7.88. The fraction of sp³-hybridized carbons (Fsp3) is 0.562. The van der Waals surface area contributed by atoms with Crippen molar-refractivity contribution < 1.29 is 13.2 Å². The molecule has 0 saturated carbocycles. The molecule has 1 aliphatic rings. The normalized spacial score (nSPS) is 17.1. The van der Waals surface area contributed by atoms with Crippen molar-refractivity contribution in [3.63, 3.8) is 0 Å². The molecule has 6 nitrogen and oxygen atoms in total. The standard InChI is InChI=1S/C16H25N3O3S/c1-3-13-6-4-5-7-15(13)17-16(20)12-19-10-8-14(9-11-19)18-23(2,21)22/h4-7,14,18H,3,8-12H2,1-2H3,(H,17,20). The second-order valence-corrected chi connectivity index (χ2v) is 7.78. The average molecular weight is 339 g/mol. The maximum atomic E-state index is 12.2. The van der Waals surface area contributed by atoms with Crippen LogP contribution in [0.5, 0.6) is 0 Å². The van der Waals surface area contributed by atoms with Gasteiger partial charge in [0.2, 0.25) is 15.9 Å². The van der Waals surface area contributed by atoms with Crippen molar-refractivity contribution in [3.05, 3.63) is 29.8 Å². The number of amides is 1. The molecule has 128 valence electrons. The number of nitrogens with zero attached hydrogens (tertiary/aromatic N) is 1. The summed E-state index contributed by atoms with van der Waals surface area (Å²) in [4.78, 5) is 14.3. The fourth-order valence-corrected chi connectivity index (χ4v) is 3.70. The number of para-hydroxylation sites is 1. The minimum atomic E-state index is -3.16. The second-order valence-electron chi connectivity index (χ2n) is 6.00. The minimum absolute atomic E-state index is 0.0230. The van der Waals surface area contributed by atoms with Gasteiger partial charge in [-0.1, -0.05) is 25.1 Å². The molecule has 0 radical (unpaired) electrons. The molecule has 0 unspecified atom stereocenters. The third-order valence-corrected chi connectivity index (χ3v) is 4.77. The van der Waals surface area contributed by atoms with Crippen LogP contribution in [-0.4, -0.2) is 51.2 Å². The van der Waals surface area contributed by atoms with Gasteiger partial charge in [0.15, 0.2) is 0 Å². The summed E-state index contributed by atoms with van der Waals surface area (Å²) in [6, 6.07) is 7.78. The van der Waals surface area contributed by atoms with Crippen LogP contribution in [0, 0.1) is 0 Å². The first-order valence-electron chi connectivity index (χ1n) is 7.95. The number of benzene rings is 1. The van der Waals surface area contributed by atoms with E-state index in [-0.39, 0.29) is 11.9 Å². The second kappa shape index (κ2) is 7.90. The number of aryl methyl sites for hydroxylation is 1. The maximum absolute atomic E-state index is 12.2. The van der Waals surface area contributed by atoms with E-state index >= 15 is 0 Å². The monoisotopic (exact) mass is 339 g/mol. The molecule has 23 heavy (non-hydrogen) atoms. The summed E-state index contributed by atoms with van der Waals surface area (Å²) in [5.74, 6) is -0.0274. The van der Waals surface area contributed by atoms with Gasteiger partial charge in [-0.2, -0.15) is 0 Å². The molecule has 0 atom stereocenters. The van der Waals surface area contributed by atoms with Crippen LogP contribution in [0.3, 0.4) is 0 Å². The van der Waals surface area contributed by atoms with Crippen LogP contribution in [0.2, 0.25) is 0 Å². The fourth-order valence-electron chi connectivity index (χ4n) is 2.86. The first-order valence-corrected chi connectivity index (χ1v) is 9.84. The van der Waals surface area contributed by atoms with Crippen molar-refractivity contribution in [2.45, 2.75) is 32.2 Å².